The van der Waals surface area contributed by atoms with Crippen molar-refractivity contribution in [1.82, 2.24) is 0 Å². The third-order valence-corrected chi connectivity index (χ3v) is 8.86. The van der Waals surface area contributed by atoms with Crippen LogP contribution in [0.2, 0.25) is 0 Å². The number of hydrogen-bond acceptors (Lipinski definition) is 3. The molecule has 0 aliphatic heterocycles. The number of benzene rings is 3. The Hall–Kier alpha value is -1.96. The molecular weight excluding hydrogens is 323 g/mol. The first-order valence-corrected chi connectivity index (χ1v) is 10.4. The number of para-hydroxylation sites is 1. The van der Waals surface area contributed by atoms with Gasteiger partial charge in [-0.2, -0.15) is 0 Å². The zero-order chi connectivity index (χ0) is 16.1. The Balaban J connectivity index is 2.12. The molecule has 116 valence electrons. The highest BCUT2D eigenvalue weighted by molar-refractivity contribution is 8.62. The fraction of sp³-hybridized carbons (Fsp3) is 0.0526. The third kappa shape index (κ3) is 3.36. The highest BCUT2D eigenvalue weighted by atomic mass is 32.7. The first kappa shape index (κ1) is 15.9. The van der Waals surface area contributed by atoms with Crippen LogP contribution < -0.4 is 15.3 Å². The first-order chi connectivity index (χ1) is 11.2. The molecule has 0 spiro atoms. The molecule has 0 heterocycles. The summed E-state index contributed by atoms with van der Waals surface area (Å²) in [6.07, 6.45) is -2.85. The van der Waals surface area contributed by atoms with Gasteiger partial charge in [-0.3, -0.25) is 0 Å². The van der Waals surface area contributed by atoms with E-state index in [0.29, 0.717) is 0 Å². The average molecular weight is 340 g/mol. The van der Waals surface area contributed by atoms with Crippen LogP contribution in [-0.2, 0) is 4.57 Å². The van der Waals surface area contributed by atoms with E-state index in [1.165, 1.54) is 11.4 Å². The van der Waals surface area contributed by atoms with E-state index in [0.717, 1.165) is 21.3 Å². The van der Waals surface area contributed by atoms with Crippen molar-refractivity contribution >= 4 is 28.3 Å². The molecule has 4 heteroatoms. The Kier molecular flexibility index (Phi) is 4.90. The van der Waals surface area contributed by atoms with Crippen LogP contribution in [0.15, 0.2) is 89.8 Å². The van der Waals surface area contributed by atoms with Gasteiger partial charge in [-0.25, -0.2) is 0 Å². The van der Waals surface area contributed by atoms with Crippen molar-refractivity contribution in [3.05, 3.63) is 84.9 Å². The SMILES string of the molecule is COc1ccccc1SP(=O)(c1ccccc1)c1ccccc1. The second kappa shape index (κ2) is 7.08. The normalized spacial score (nSPS) is 11.2. The topological polar surface area (TPSA) is 26.3 Å². The molecule has 0 aromatic heterocycles. The van der Waals surface area contributed by atoms with Crippen molar-refractivity contribution in [2.45, 2.75) is 4.90 Å². The summed E-state index contributed by atoms with van der Waals surface area (Å²) >= 11 is 1.38. The Bertz CT molecular complexity index is 776. The van der Waals surface area contributed by atoms with Crippen molar-refractivity contribution in [2.75, 3.05) is 7.11 Å². The van der Waals surface area contributed by atoms with Crippen molar-refractivity contribution < 1.29 is 9.30 Å². The molecule has 0 aliphatic rings. The van der Waals surface area contributed by atoms with Gasteiger partial charge in [0.2, 0.25) is 0 Å². The van der Waals surface area contributed by atoms with E-state index in [-0.39, 0.29) is 0 Å². The molecule has 0 saturated heterocycles. The lowest BCUT2D eigenvalue weighted by Crippen LogP contribution is -2.13. The van der Waals surface area contributed by atoms with Crippen LogP contribution in [0.1, 0.15) is 0 Å². The van der Waals surface area contributed by atoms with Crippen molar-refractivity contribution in [3.63, 3.8) is 0 Å². The van der Waals surface area contributed by atoms with Gasteiger partial charge in [0.05, 0.1) is 12.0 Å². The minimum Gasteiger partial charge on any atom is -0.496 e. The minimum absolute atomic E-state index is 0.740. The summed E-state index contributed by atoms with van der Waals surface area (Å²) in [5.41, 5.74) is 0. The summed E-state index contributed by atoms with van der Waals surface area (Å²) in [7, 11) is 1.63. The van der Waals surface area contributed by atoms with Crippen LogP contribution in [-0.4, -0.2) is 7.11 Å². The third-order valence-electron chi connectivity index (χ3n) is 3.49. The molecule has 0 fully saturated rings. The summed E-state index contributed by atoms with van der Waals surface area (Å²) < 4.78 is 19.4. The molecule has 0 unspecified atom stereocenters. The Morgan fingerprint density at radius 1 is 0.739 bits per heavy atom. The Labute approximate surface area is 140 Å². The van der Waals surface area contributed by atoms with Crippen LogP contribution in [0.3, 0.4) is 0 Å². The zero-order valence-corrected chi connectivity index (χ0v) is 14.5. The lowest BCUT2D eigenvalue weighted by Gasteiger charge is -2.19. The van der Waals surface area contributed by atoms with E-state index in [2.05, 4.69) is 0 Å². The molecule has 3 rings (SSSR count). The number of hydrogen-bond donors (Lipinski definition) is 0. The molecular formula is C19H17O2PS. The summed E-state index contributed by atoms with van der Waals surface area (Å²) in [6, 6.07) is 27.0. The molecule has 3 aromatic carbocycles. The van der Waals surface area contributed by atoms with Crippen LogP contribution in [0.5, 0.6) is 5.75 Å². The molecule has 3 aromatic rings. The average Bonchev–Trinajstić information content (AvgIpc) is 2.63. The molecule has 23 heavy (non-hydrogen) atoms. The maximum absolute atomic E-state index is 14.0. The molecule has 0 aliphatic carbocycles. The van der Waals surface area contributed by atoms with E-state index in [1.54, 1.807) is 7.11 Å². The van der Waals surface area contributed by atoms with Crippen molar-refractivity contribution in [2.24, 2.45) is 0 Å². The fourth-order valence-electron chi connectivity index (χ4n) is 2.34. The predicted octanol–water partition coefficient (Wildman–Crippen LogP) is 4.72. The van der Waals surface area contributed by atoms with Gasteiger partial charge in [-0.15, -0.1) is 0 Å². The van der Waals surface area contributed by atoms with E-state index >= 15 is 0 Å². The highest BCUT2D eigenvalue weighted by Gasteiger charge is 2.29. The number of ether oxygens (including phenoxy) is 1. The van der Waals surface area contributed by atoms with Gasteiger partial charge in [0, 0.05) is 10.6 Å². The molecule has 0 radical (unpaired) electrons. The first-order valence-electron chi connectivity index (χ1n) is 7.28. The summed E-state index contributed by atoms with van der Waals surface area (Å²) in [5, 5.41) is 1.67. The van der Waals surface area contributed by atoms with Gasteiger partial charge in [0.25, 0.3) is 0 Å². The van der Waals surface area contributed by atoms with E-state index < -0.39 is 6.34 Å². The second-order valence-corrected chi connectivity index (χ2v) is 9.81. The molecule has 0 atom stereocenters. The van der Waals surface area contributed by atoms with Crippen LogP contribution in [0, 0.1) is 0 Å². The standard InChI is InChI=1S/C19H17O2PS/c1-21-18-14-8-9-15-19(18)23-22(20,16-10-4-2-5-11-16)17-12-6-3-7-13-17/h2-15H,1H3. The summed E-state index contributed by atoms with van der Waals surface area (Å²) in [4.78, 5) is 0.881. The van der Waals surface area contributed by atoms with Gasteiger partial charge < -0.3 is 9.30 Å². The Morgan fingerprint density at radius 3 is 1.74 bits per heavy atom. The summed E-state index contributed by atoms with van der Waals surface area (Å²) in [5.74, 6) is 0.740. The zero-order valence-electron chi connectivity index (χ0n) is 12.8. The quantitative estimate of drug-likeness (QED) is 0.629. The van der Waals surface area contributed by atoms with E-state index in [1.807, 2.05) is 84.9 Å². The van der Waals surface area contributed by atoms with Gasteiger partial charge in [0.15, 0.2) is 6.34 Å². The molecule has 0 bridgehead atoms. The largest absolute Gasteiger partial charge is 0.496 e. The fourth-order valence-corrected chi connectivity index (χ4v) is 7.28. The number of methoxy groups -OCH3 is 1. The second-order valence-electron chi connectivity index (χ2n) is 4.96. The van der Waals surface area contributed by atoms with Gasteiger partial charge in [-0.1, -0.05) is 72.8 Å². The lowest BCUT2D eigenvalue weighted by atomic mass is 10.3. The minimum atomic E-state index is -2.85. The van der Waals surface area contributed by atoms with Crippen LogP contribution in [0.25, 0.3) is 0 Å². The molecule has 2 nitrogen and oxygen atoms in total. The van der Waals surface area contributed by atoms with Crippen molar-refractivity contribution in [3.8, 4) is 5.75 Å². The lowest BCUT2D eigenvalue weighted by molar-refractivity contribution is 0.405. The van der Waals surface area contributed by atoms with E-state index in [4.69, 9.17) is 4.74 Å². The molecule has 0 N–H and O–H groups in total. The monoisotopic (exact) mass is 340 g/mol. The molecule has 0 saturated carbocycles. The maximum atomic E-state index is 14.0. The van der Waals surface area contributed by atoms with Gasteiger partial charge in [-0.05, 0) is 23.5 Å². The highest BCUT2D eigenvalue weighted by Crippen LogP contribution is 2.61. The smallest absolute Gasteiger partial charge is 0.199 e. The van der Waals surface area contributed by atoms with E-state index in [9.17, 15) is 4.57 Å². The van der Waals surface area contributed by atoms with Crippen molar-refractivity contribution in [1.29, 1.82) is 0 Å². The van der Waals surface area contributed by atoms with Crippen LogP contribution >= 0.6 is 17.7 Å². The number of rotatable bonds is 5. The van der Waals surface area contributed by atoms with Crippen LogP contribution in [0.4, 0.5) is 0 Å². The maximum Gasteiger partial charge on any atom is 0.199 e. The van der Waals surface area contributed by atoms with Gasteiger partial charge in [0.1, 0.15) is 5.75 Å². The molecule has 0 amide bonds. The summed E-state index contributed by atoms with van der Waals surface area (Å²) in [6.45, 7) is 0. The predicted molar refractivity (Wildman–Crippen MR) is 98.6 cm³/mol. The Morgan fingerprint density at radius 2 is 1.22 bits per heavy atom. The van der Waals surface area contributed by atoms with Gasteiger partial charge >= 0.3 is 0 Å².